The smallest absolute Gasteiger partial charge is 0.342 e. The van der Waals surface area contributed by atoms with Crippen molar-refractivity contribution in [3.8, 4) is 0 Å². The van der Waals surface area contributed by atoms with Gasteiger partial charge in [0.2, 0.25) is 5.63 Å². The Morgan fingerprint density at radius 3 is 2.33 bits per heavy atom. The average Bonchev–Trinajstić information content (AvgIpc) is 2.10. The van der Waals surface area contributed by atoms with Gasteiger partial charge in [-0.25, -0.2) is 4.39 Å². The normalized spacial score (nSPS) is 13.9. The number of nitrogens with two attached hydrogens (primary N) is 2. The Bertz CT molecular complexity index is 360. The minimum absolute atomic E-state index is 0.00102. The number of halogens is 4. The number of hydrogen-bond acceptors (Lipinski definition) is 3. The highest BCUT2D eigenvalue weighted by Crippen LogP contribution is 2.42. The molecule has 0 fully saturated rings. The van der Waals surface area contributed by atoms with E-state index in [1.165, 1.54) is 18.2 Å². The monoisotopic (exact) mass is 256 g/mol. The van der Waals surface area contributed by atoms with Crippen LogP contribution in [0, 0.1) is 0 Å². The first-order valence-electron chi connectivity index (χ1n) is 3.83. The standard InChI is InChI=1S/C8H8ClF3N2S/c9-7(10)8(11,12)15-4-1-2-5(13)6(14)3-4/h1-3,7H,13-14H2. The average molecular weight is 257 g/mol. The maximum Gasteiger partial charge on any atom is 0.342 e. The van der Waals surface area contributed by atoms with Crippen LogP contribution in [0.15, 0.2) is 23.1 Å². The van der Waals surface area contributed by atoms with Crippen molar-refractivity contribution in [3.63, 3.8) is 0 Å². The van der Waals surface area contributed by atoms with E-state index in [9.17, 15) is 13.2 Å². The summed E-state index contributed by atoms with van der Waals surface area (Å²) >= 11 is 4.70. The Morgan fingerprint density at radius 1 is 1.27 bits per heavy atom. The Labute approximate surface area is 93.8 Å². The first kappa shape index (κ1) is 12.3. The molecule has 1 unspecified atom stereocenters. The molecule has 1 rings (SSSR count). The van der Waals surface area contributed by atoms with Crippen LogP contribution in [-0.2, 0) is 0 Å². The zero-order valence-electron chi connectivity index (χ0n) is 7.38. The van der Waals surface area contributed by atoms with Gasteiger partial charge in [-0.1, -0.05) is 11.6 Å². The quantitative estimate of drug-likeness (QED) is 0.496. The molecule has 0 amide bonds. The summed E-state index contributed by atoms with van der Waals surface area (Å²) in [6, 6.07) is 3.94. The lowest BCUT2D eigenvalue weighted by molar-refractivity contribution is 0.0537. The van der Waals surface area contributed by atoms with Gasteiger partial charge in [0.05, 0.1) is 11.4 Å². The molecule has 1 aromatic carbocycles. The molecule has 4 N–H and O–H groups in total. The van der Waals surface area contributed by atoms with Crippen LogP contribution in [0.25, 0.3) is 0 Å². The van der Waals surface area contributed by atoms with Gasteiger partial charge in [0.25, 0.3) is 0 Å². The molecule has 0 aliphatic carbocycles. The van der Waals surface area contributed by atoms with Gasteiger partial charge in [-0.2, -0.15) is 8.78 Å². The number of alkyl halides is 4. The van der Waals surface area contributed by atoms with Crippen molar-refractivity contribution in [2.24, 2.45) is 0 Å². The highest BCUT2D eigenvalue weighted by molar-refractivity contribution is 8.00. The van der Waals surface area contributed by atoms with Gasteiger partial charge >= 0.3 is 5.25 Å². The fraction of sp³-hybridized carbons (Fsp3) is 0.250. The molecule has 0 aliphatic rings. The van der Waals surface area contributed by atoms with Gasteiger partial charge in [0.15, 0.2) is 0 Å². The number of hydrogen-bond donors (Lipinski definition) is 2. The Balaban J connectivity index is 2.86. The van der Waals surface area contributed by atoms with E-state index in [-0.39, 0.29) is 28.0 Å². The fourth-order valence-corrected chi connectivity index (χ4v) is 1.68. The molecule has 0 bridgehead atoms. The molecular formula is C8H8ClF3N2S. The maximum atomic E-state index is 12.8. The van der Waals surface area contributed by atoms with Gasteiger partial charge in [0.1, 0.15) is 0 Å². The Hall–Kier alpha value is -0.750. The van der Waals surface area contributed by atoms with Crippen molar-refractivity contribution in [3.05, 3.63) is 18.2 Å². The van der Waals surface area contributed by atoms with Crippen LogP contribution in [0.2, 0.25) is 0 Å². The van der Waals surface area contributed by atoms with E-state index in [0.717, 1.165) is 0 Å². The van der Waals surface area contributed by atoms with Gasteiger partial charge in [0, 0.05) is 4.90 Å². The lowest BCUT2D eigenvalue weighted by Crippen LogP contribution is -2.20. The molecule has 0 radical (unpaired) electrons. The molecule has 0 aliphatic heterocycles. The van der Waals surface area contributed by atoms with Crippen molar-refractivity contribution in [2.45, 2.75) is 15.8 Å². The van der Waals surface area contributed by atoms with Gasteiger partial charge in [-0.15, -0.1) is 0 Å². The van der Waals surface area contributed by atoms with Gasteiger partial charge < -0.3 is 11.5 Å². The molecule has 0 spiro atoms. The molecule has 84 valence electrons. The molecule has 0 saturated carbocycles. The van der Waals surface area contributed by atoms with E-state index in [1.54, 1.807) is 0 Å². The van der Waals surface area contributed by atoms with Crippen LogP contribution in [0.3, 0.4) is 0 Å². The maximum absolute atomic E-state index is 12.8. The van der Waals surface area contributed by atoms with E-state index in [2.05, 4.69) is 0 Å². The van der Waals surface area contributed by atoms with Crippen molar-refractivity contribution < 1.29 is 13.2 Å². The third kappa shape index (κ3) is 3.10. The minimum Gasteiger partial charge on any atom is -0.397 e. The van der Waals surface area contributed by atoms with Crippen molar-refractivity contribution in [2.75, 3.05) is 11.5 Å². The Kier molecular flexibility index (Phi) is 3.62. The number of benzene rings is 1. The number of thioether (sulfide) groups is 1. The second kappa shape index (κ2) is 4.40. The second-order valence-corrected chi connectivity index (χ2v) is 4.36. The summed E-state index contributed by atoms with van der Waals surface area (Å²) in [4.78, 5) is 0.106. The molecule has 15 heavy (non-hydrogen) atoms. The summed E-state index contributed by atoms with van der Waals surface area (Å²) in [5.41, 5.74) is 8.50. The first-order chi connectivity index (χ1) is 6.83. The largest absolute Gasteiger partial charge is 0.397 e. The van der Waals surface area contributed by atoms with E-state index < -0.39 is 10.9 Å². The summed E-state index contributed by atoms with van der Waals surface area (Å²) in [6.45, 7) is 0. The summed E-state index contributed by atoms with van der Waals surface area (Å²) in [5, 5.41) is -3.69. The number of nitrogen functional groups attached to an aromatic ring is 2. The lowest BCUT2D eigenvalue weighted by atomic mass is 10.3. The van der Waals surface area contributed by atoms with Crippen molar-refractivity contribution in [1.29, 1.82) is 0 Å². The molecule has 1 aromatic rings. The molecular weight excluding hydrogens is 249 g/mol. The topological polar surface area (TPSA) is 52.0 Å². The van der Waals surface area contributed by atoms with E-state index >= 15 is 0 Å². The second-order valence-electron chi connectivity index (χ2n) is 2.76. The zero-order valence-corrected chi connectivity index (χ0v) is 8.96. The molecule has 0 saturated heterocycles. The third-order valence-electron chi connectivity index (χ3n) is 1.57. The van der Waals surface area contributed by atoms with E-state index in [1.807, 2.05) is 0 Å². The van der Waals surface area contributed by atoms with Crippen molar-refractivity contribution in [1.82, 2.24) is 0 Å². The summed E-state index contributed by atoms with van der Waals surface area (Å²) in [5.74, 6) is 0. The summed E-state index contributed by atoms with van der Waals surface area (Å²) in [7, 11) is 0. The summed E-state index contributed by atoms with van der Waals surface area (Å²) in [6.07, 6.45) is 0. The zero-order chi connectivity index (χ0) is 11.6. The van der Waals surface area contributed by atoms with Gasteiger partial charge in [-0.05, 0) is 30.0 Å². The number of rotatable bonds is 3. The molecule has 7 heteroatoms. The van der Waals surface area contributed by atoms with E-state index in [4.69, 9.17) is 23.1 Å². The van der Waals surface area contributed by atoms with Crippen LogP contribution < -0.4 is 11.5 Å². The molecule has 0 aromatic heterocycles. The fourth-order valence-electron chi connectivity index (χ4n) is 0.818. The van der Waals surface area contributed by atoms with Crippen molar-refractivity contribution >= 4 is 34.7 Å². The summed E-state index contributed by atoms with van der Waals surface area (Å²) < 4.78 is 38.0. The highest BCUT2D eigenvalue weighted by Gasteiger charge is 2.40. The van der Waals surface area contributed by atoms with E-state index in [0.29, 0.717) is 0 Å². The van der Waals surface area contributed by atoms with Crippen LogP contribution >= 0.6 is 23.4 Å². The minimum atomic E-state index is -3.69. The lowest BCUT2D eigenvalue weighted by Gasteiger charge is -2.15. The first-order valence-corrected chi connectivity index (χ1v) is 5.08. The number of anilines is 2. The molecule has 0 heterocycles. The SMILES string of the molecule is Nc1ccc(SC(F)(F)C(F)Cl)cc1N. The predicted octanol–water partition coefficient (Wildman–Crippen LogP) is 3.07. The Morgan fingerprint density at radius 2 is 1.87 bits per heavy atom. The van der Waals surface area contributed by atoms with Gasteiger partial charge in [-0.3, -0.25) is 0 Å². The molecule has 2 nitrogen and oxygen atoms in total. The van der Waals surface area contributed by atoms with Crippen LogP contribution in [-0.4, -0.2) is 10.9 Å². The predicted molar refractivity (Wildman–Crippen MR) is 56.8 cm³/mol. The highest BCUT2D eigenvalue weighted by atomic mass is 35.5. The molecule has 1 atom stereocenters. The van der Waals surface area contributed by atoms with Crippen LogP contribution in [0.4, 0.5) is 24.5 Å². The van der Waals surface area contributed by atoms with Crippen LogP contribution in [0.5, 0.6) is 0 Å². The third-order valence-corrected chi connectivity index (χ3v) is 2.94. The van der Waals surface area contributed by atoms with Crippen LogP contribution in [0.1, 0.15) is 0 Å².